The maximum Gasteiger partial charge on any atom is 0.264 e. The largest absolute Gasteiger partial charge is 0.397 e. The van der Waals surface area contributed by atoms with Gasteiger partial charge in [0.1, 0.15) is 4.88 Å². The van der Waals surface area contributed by atoms with Crippen LogP contribution in [0, 0.1) is 0 Å². The highest BCUT2D eigenvalue weighted by Gasteiger charge is 2.17. The number of carbonyl (C=O) groups is 1. The van der Waals surface area contributed by atoms with Gasteiger partial charge < -0.3 is 16.2 Å². The first-order valence-electron chi connectivity index (χ1n) is 5.52. The first-order chi connectivity index (χ1) is 8.72. The average Bonchev–Trinajstić information content (AvgIpc) is 2.83. The lowest BCUT2D eigenvalue weighted by molar-refractivity contribution is 0.0921. The fraction of sp³-hybridized carbons (Fsp3) is 0.154. The van der Waals surface area contributed by atoms with Gasteiger partial charge in [-0.3, -0.25) is 4.79 Å². The lowest BCUT2D eigenvalue weighted by atomic mass is 10.1. The smallest absolute Gasteiger partial charge is 0.264 e. The predicted octanol–water partition coefficient (Wildman–Crippen LogP) is 1.79. The van der Waals surface area contributed by atoms with Gasteiger partial charge in [0.25, 0.3) is 5.91 Å². The summed E-state index contributed by atoms with van der Waals surface area (Å²) in [6, 6.07) is 10.6. The Kier molecular flexibility index (Phi) is 3.96. The molecule has 4 nitrogen and oxygen atoms in total. The average molecular weight is 262 g/mol. The third-order valence-corrected chi connectivity index (χ3v) is 3.52. The lowest BCUT2D eigenvalue weighted by Gasteiger charge is -2.16. The predicted molar refractivity (Wildman–Crippen MR) is 72.5 cm³/mol. The summed E-state index contributed by atoms with van der Waals surface area (Å²) in [5, 5.41) is 13.9. The highest BCUT2D eigenvalue weighted by molar-refractivity contribution is 7.12. The van der Waals surface area contributed by atoms with Gasteiger partial charge in [-0.1, -0.05) is 30.3 Å². The summed E-state index contributed by atoms with van der Waals surface area (Å²) in [5.41, 5.74) is 7.01. The second kappa shape index (κ2) is 5.66. The van der Waals surface area contributed by atoms with Crippen molar-refractivity contribution >= 4 is 22.9 Å². The number of anilines is 1. The number of amides is 1. The summed E-state index contributed by atoms with van der Waals surface area (Å²) >= 11 is 1.29. The second-order valence-electron chi connectivity index (χ2n) is 3.82. The molecule has 2 aromatic rings. The molecule has 0 spiro atoms. The van der Waals surface area contributed by atoms with Crippen molar-refractivity contribution in [2.24, 2.45) is 0 Å². The molecule has 0 bridgehead atoms. The monoisotopic (exact) mass is 262 g/mol. The number of thiophene rings is 1. The molecule has 0 fully saturated rings. The van der Waals surface area contributed by atoms with E-state index in [-0.39, 0.29) is 12.5 Å². The van der Waals surface area contributed by atoms with E-state index < -0.39 is 6.04 Å². The molecule has 0 aliphatic carbocycles. The van der Waals surface area contributed by atoms with E-state index in [0.717, 1.165) is 5.56 Å². The van der Waals surface area contributed by atoms with Crippen LogP contribution < -0.4 is 11.1 Å². The van der Waals surface area contributed by atoms with Crippen molar-refractivity contribution in [2.75, 3.05) is 12.3 Å². The van der Waals surface area contributed by atoms with Crippen LogP contribution in [-0.4, -0.2) is 17.6 Å². The highest BCUT2D eigenvalue weighted by Crippen LogP contribution is 2.20. The van der Waals surface area contributed by atoms with Crippen LogP contribution in [-0.2, 0) is 0 Å². The zero-order valence-electron chi connectivity index (χ0n) is 9.67. The number of rotatable bonds is 4. The van der Waals surface area contributed by atoms with Crippen molar-refractivity contribution < 1.29 is 9.90 Å². The molecule has 0 saturated carbocycles. The molecule has 1 heterocycles. The van der Waals surface area contributed by atoms with Gasteiger partial charge in [0.15, 0.2) is 0 Å². The van der Waals surface area contributed by atoms with E-state index in [0.29, 0.717) is 10.6 Å². The molecule has 5 heteroatoms. The molecule has 18 heavy (non-hydrogen) atoms. The van der Waals surface area contributed by atoms with Crippen LogP contribution in [0.1, 0.15) is 21.3 Å². The molecule has 0 saturated heterocycles. The van der Waals surface area contributed by atoms with Crippen molar-refractivity contribution in [3.8, 4) is 0 Å². The van der Waals surface area contributed by atoms with E-state index >= 15 is 0 Å². The molecule has 94 valence electrons. The fourth-order valence-electron chi connectivity index (χ4n) is 1.65. The number of nitrogen functional groups attached to an aromatic ring is 1. The molecule has 1 amide bonds. The maximum atomic E-state index is 12.0. The first-order valence-corrected chi connectivity index (χ1v) is 6.40. The quantitative estimate of drug-likeness (QED) is 0.786. The highest BCUT2D eigenvalue weighted by atomic mass is 32.1. The van der Waals surface area contributed by atoms with Crippen molar-refractivity contribution in [2.45, 2.75) is 6.04 Å². The minimum atomic E-state index is -0.416. The number of benzene rings is 1. The van der Waals surface area contributed by atoms with Crippen molar-refractivity contribution in [1.82, 2.24) is 5.32 Å². The fourth-order valence-corrected chi connectivity index (χ4v) is 2.37. The zero-order valence-corrected chi connectivity index (χ0v) is 10.5. The second-order valence-corrected chi connectivity index (χ2v) is 4.74. The molecule has 1 atom stereocenters. The first kappa shape index (κ1) is 12.6. The number of hydrogen-bond donors (Lipinski definition) is 3. The van der Waals surface area contributed by atoms with Gasteiger partial charge in [0.05, 0.1) is 18.3 Å². The van der Waals surface area contributed by atoms with E-state index in [9.17, 15) is 9.90 Å². The topological polar surface area (TPSA) is 75.4 Å². The number of hydrogen-bond acceptors (Lipinski definition) is 4. The Balaban J connectivity index is 2.13. The van der Waals surface area contributed by atoms with E-state index in [1.165, 1.54) is 11.3 Å². The van der Waals surface area contributed by atoms with Crippen LogP contribution in [0.3, 0.4) is 0 Å². The summed E-state index contributed by atoms with van der Waals surface area (Å²) in [4.78, 5) is 12.5. The Bertz CT molecular complexity index is 525. The molecule has 0 aliphatic heterocycles. The van der Waals surface area contributed by atoms with Crippen LogP contribution >= 0.6 is 11.3 Å². The van der Waals surface area contributed by atoms with Gasteiger partial charge in [0.2, 0.25) is 0 Å². The normalized spacial score (nSPS) is 12.1. The van der Waals surface area contributed by atoms with Gasteiger partial charge in [-0.2, -0.15) is 0 Å². The van der Waals surface area contributed by atoms with E-state index in [2.05, 4.69) is 5.32 Å². The van der Waals surface area contributed by atoms with Crippen LogP contribution in [0.2, 0.25) is 0 Å². The van der Waals surface area contributed by atoms with Crippen LogP contribution in [0.5, 0.6) is 0 Å². The third-order valence-electron chi connectivity index (χ3n) is 2.59. The molecule has 1 aromatic carbocycles. The Morgan fingerprint density at radius 2 is 2.06 bits per heavy atom. The molecule has 0 radical (unpaired) electrons. The summed E-state index contributed by atoms with van der Waals surface area (Å²) < 4.78 is 0. The number of nitrogens with two attached hydrogens (primary N) is 1. The number of carbonyl (C=O) groups excluding carboxylic acids is 1. The molecule has 0 aliphatic rings. The van der Waals surface area contributed by atoms with Crippen molar-refractivity contribution in [3.63, 3.8) is 0 Å². The van der Waals surface area contributed by atoms with E-state index in [1.54, 1.807) is 11.4 Å². The Morgan fingerprint density at radius 1 is 1.33 bits per heavy atom. The molecular formula is C13H14N2O2S. The molecule has 4 N–H and O–H groups in total. The van der Waals surface area contributed by atoms with Gasteiger partial charge >= 0.3 is 0 Å². The molecule has 0 unspecified atom stereocenters. The standard InChI is InChI=1S/C13H14N2O2S/c14-10-6-7-18-12(10)13(17)15-11(8-16)9-4-2-1-3-5-9/h1-7,11,16H,8,14H2,(H,15,17)/t11-/m0/s1. The lowest BCUT2D eigenvalue weighted by Crippen LogP contribution is -2.30. The van der Waals surface area contributed by atoms with Crippen LogP contribution in [0.4, 0.5) is 5.69 Å². The maximum absolute atomic E-state index is 12.0. The molecule has 1 aromatic heterocycles. The Hall–Kier alpha value is -1.85. The van der Waals surface area contributed by atoms with Crippen molar-refractivity contribution in [1.29, 1.82) is 0 Å². The van der Waals surface area contributed by atoms with Gasteiger partial charge in [-0.05, 0) is 17.0 Å². The number of aliphatic hydroxyl groups excluding tert-OH is 1. The van der Waals surface area contributed by atoms with Gasteiger partial charge in [-0.25, -0.2) is 0 Å². The van der Waals surface area contributed by atoms with Crippen LogP contribution in [0.25, 0.3) is 0 Å². The minimum Gasteiger partial charge on any atom is -0.397 e. The minimum absolute atomic E-state index is 0.152. The Labute approximate surface area is 109 Å². The van der Waals surface area contributed by atoms with E-state index in [1.807, 2.05) is 30.3 Å². The Morgan fingerprint density at radius 3 is 2.61 bits per heavy atom. The molecular weight excluding hydrogens is 248 g/mol. The summed E-state index contributed by atoms with van der Waals surface area (Å²) in [6.45, 7) is -0.152. The van der Waals surface area contributed by atoms with E-state index in [4.69, 9.17) is 5.73 Å². The SMILES string of the molecule is Nc1ccsc1C(=O)N[C@@H](CO)c1ccccc1. The summed E-state index contributed by atoms with van der Waals surface area (Å²) in [7, 11) is 0. The van der Waals surface area contributed by atoms with Crippen LogP contribution in [0.15, 0.2) is 41.8 Å². The number of nitrogens with one attached hydrogen (secondary N) is 1. The van der Waals surface area contributed by atoms with Gasteiger partial charge in [-0.15, -0.1) is 11.3 Å². The zero-order chi connectivity index (χ0) is 13.0. The van der Waals surface area contributed by atoms with Gasteiger partial charge in [0, 0.05) is 0 Å². The summed E-state index contributed by atoms with van der Waals surface area (Å²) in [6.07, 6.45) is 0. The third kappa shape index (κ3) is 2.69. The molecule has 2 rings (SSSR count). The number of aliphatic hydroxyl groups is 1. The van der Waals surface area contributed by atoms with Crippen molar-refractivity contribution in [3.05, 3.63) is 52.2 Å². The summed E-state index contributed by atoms with van der Waals surface area (Å²) in [5.74, 6) is -0.259.